The van der Waals surface area contributed by atoms with E-state index in [2.05, 4.69) is 5.10 Å². The molecule has 1 fully saturated rings. The van der Waals surface area contributed by atoms with Crippen LogP contribution in [0.5, 0.6) is 0 Å². The Bertz CT molecular complexity index is 649. The minimum Gasteiger partial charge on any atom is -0.480 e. The van der Waals surface area contributed by atoms with Crippen LogP contribution < -0.4 is 0 Å². The van der Waals surface area contributed by atoms with Crippen LogP contribution >= 0.6 is 0 Å². The van der Waals surface area contributed by atoms with E-state index in [-0.39, 0.29) is 5.91 Å². The van der Waals surface area contributed by atoms with E-state index >= 15 is 0 Å². The molecular formula is C13H13N3O3. The summed E-state index contributed by atoms with van der Waals surface area (Å²) in [4.78, 5) is 25.0. The number of likely N-dealkylation sites (tertiary alicyclic amines) is 1. The lowest BCUT2D eigenvalue weighted by molar-refractivity contribution is -0.141. The third-order valence-corrected chi connectivity index (χ3v) is 3.46. The molecule has 2 aromatic heterocycles. The molecule has 0 radical (unpaired) electrons. The second-order valence-electron chi connectivity index (χ2n) is 4.58. The van der Waals surface area contributed by atoms with Gasteiger partial charge in [0.2, 0.25) is 0 Å². The molecule has 0 bridgehead atoms. The van der Waals surface area contributed by atoms with E-state index in [0.717, 1.165) is 6.42 Å². The molecule has 1 N–H and O–H groups in total. The number of fused-ring (bicyclic) bond motifs is 1. The Morgan fingerprint density at radius 3 is 3.00 bits per heavy atom. The first kappa shape index (κ1) is 11.7. The number of carbonyl (C=O) groups excluding carboxylic acids is 1. The summed E-state index contributed by atoms with van der Waals surface area (Å²) in [5.41, 5.74) is 1.15. The molecule has 3 rings (SSSR count). The second-order valence-corrected chi connectivity index (χ2v) is 4.58. The van der Waals surface area contributed by atoms with E-state index in [4.69, 9.17) is 5.11 Å². The molecule has 1 saturated heterocycles. The van der Waals surface area contributed by atoms with Gasteiger partial charge >= 0.3 is 5.97 Å². The predicted octanol–water partition coefficient (Wildman–Crippen LogP) is 1.02. The molecular weight excluding hydrogens is 246 g/mol. The Morgan fingerprint density at radius 1 is 1.37 bits per heavy atom. The van der Waals surface area contributed by atoms with E-state index in [0.29, 0.717) is 24.0 Å². The summed E-state index contributed by atoms with van der Waals surface area (Å²) in [6, 6.07) is 4.73. The first-order valence-electron chi connectivity index (χ1n) is 6.14. The third-order valence-electron chi connectivity index (χ3n) is 3.46. The fourth-order valence-electron chi connectivity index (χ4n) is 2.52. The van der Waals surface area contributed by atoms with Gasteiger partial charge in [0.25, 0.3) is 5.91 Å². The number of pyridine rings is 1. The van der Waals surface area contributed by atoms with Gasteiger partial charge in [0.05, 0.1) is 17.3 Å². The van der Waals surface area contributed by atoms with Gasteiger partial charge in [-0.15, -0.1) is 0 Å². The van der Waals surface area contributed by atoms with Crippen LogP contribution in [0, 0.1) is 0 Å². The summed E-state index contributed by atoms with van der Waals surface area (Å²) in [7, 11) is 0. The van der Waals surface area contributed by atoms with Crippen LogP contribution in [0.4, 0.5) is 0 Å². The number of nitrogens with zero attached hydrogens (tertiary/aromatic N) is 3. The summed E-state index contributed by atoms with van der Waals surface area (Å²) in [6.45, 7) is 0.486. The average molecular weight is 259 g/mol. The summed E-state index contributed by atoms with van der Waals surface area (Å²) in [5, 5.41) is 13.2. The van der Waals surface area contributed by atoms with Crippen LogP contribution in [-0.4, -0.2) is 44.1 Å². The molecule has 2 aromatic rings. The Morgan fingerprint density at radius 2 is 2.21 bits per heavy atom. The Kier molecular flexibility index (Phi) is 2.70. The van der Waals surface area contributed by atoms with Gasteiger partial charge in [-0.05, 0) is 25.0 Å². The summed E-state index contributed by atoms with van der Waals surface area (Å²) < 4.78 is 1.61. The third kappa shape index (κ3) is 1.85. The average Bonchev–Trinajstić information content (AvgIpc) is 3.05. The number of carbonyl (C=O) groups is 2. The van der Waals surface area contributed by atoms with Crippen molar-refractivity contribution in [2.45, 2.75) is 18.9 Å². The van der Waals surface area contributed by atoms with Gasteiger partial charge in [-0.2, -0.15) is 5.10 Å². The molecule has 6 heteroatoms. The number of aliphatic carboxylic acids is 1. The smallest absolute Gasteiger partial charge is 0.326 e. The summed E-state index contributed by atoms with van der Waals surface area (Å²) in [5.74, 6) is -1.20. The van der Waals surface area contributed by atoms with Gasteiger partial charge in [-0.25, -0.2) is 9.31 Å². The monoisotopic (exact) mass is 259 g/mol. The number of rotatable bonds is 2. The second kappa shape index (κ2) is 4.38. The highest BCUT2D eigenvalue weighted by Crippen LogP contribution is 2.22. The van der Waals surface area contributed by atoms with E-state index in [9.17, 15) is 9.59 Å². The minimum atomic E-state index is -0.942. The van der Waals surface area contributed by atoms with Crippen LogP contribution in [0.25, 0.3) is 5.52 Å². The summed E-state index contributed by atoms with van der Waals surface area (Å²) >= 11 is 0. The van der Waals surface area contributed by atoms with Crippen molar-refractivity contribution in [1.29, 1.82) is 0 Å². The van der Waals surface area contributed by atoms with E-state index in [1.807, 2.05) is 12.1 Å². The normalized spacial score (nSPS) is 18.9. The number of carboxylic acid groups (broad SMARTS) is 1. The zero-order chi connectivity index (χ0) is 13.4. The van der Waals surface area contributed by atoms with Gasteiger partial charge in [0.1, 0.15) is 6.04 Å². The maximum Gasteiger partial charge on any atom is 0.326 e. The van der Waals surface area contributed by atoms with Crippen molar-refractivity contribution < 1.29 is 14.7 Å². The highest BCUT2D eigenvalue weighted by atomic mass is 16.4. The summed E-state index contributed by atoms with van der Waals surface area (Å²) in [6.07, 6.45) is 4.49. The molecule has 98 valence electrons. The van der Waals surface area contributed by atoms with Crippen LogP contribution in [0.2, 0.25) is 0 Å². The molecule has 6 nitrogen and oxygen atoms in total. The maximum atomic E-state index is 12.4. The molecule has 1 aliphatic rings. The van der Waals surface area contributed by atoms with E-state index in [1.165, 1.54) is 11.1 Å². The first-order chi connectivity index (χ1) is 9.18. The molecule has 1 aliphatic heterocycles. The molecule has 3 heterocycles. The number of carboxylic acids is 1. The lowest BCUT2D eigenvalue weighted by atomic mass is 10.2. The van der Waals surface area contributed by atoms with Gasteiger partial charge in [0.15, 0.2) is 0 Å². The fraction of sp³-hybridized carbons (Fsp3) is 0.308. The minimum absolute atomic E-state index is 0.258. The number of hydrogen-bond donors (Lipinski definition) is 1. The molecule has 19 heavy (non-hydrogen) atoms. The number of aromatic nitrogens is 2. The van der Waals surface area contributed by atoms with Crippen molar-refractivity contribution in [3.8, 4) is 0 Å². The van der Waals surface area contributed by atoms with E-state index < -0.39 is 12.0 Å². The Labute approximate surface area is 109 Å². The molecule has 1 atom stereocenters. The zero-order valence-electron chi connectivity index (χ0n) is 10.2. The topological polar surface area (TPSA) is 74.9 Å². The van der Waals surface area contributed by atoms with Crippen molar-refractivity contribution in [3.63, 3.8) is 0 Å². The SMILES string of the molecule is O=C(O)[C@H]1CCCN1C(=O)c1cnn2ccccc12. The largest absolute Gasteiger partial charge is 0.480 e. The Balaban J connectivity index is 1.98. The van der Waals surface area contributed by atoms with Gasteiger partial charge in [-0.1, -0.05) is 6.07 Å². The van der Waals surface area contributed by atoms with Crippen molar-refractivity contribution in [3.05, 3.63) is 36.2 Å². The van der Waals surface area contributed by atoms with Crippen molar-refractivity contribution in [1.82, 2.24) is 14.5 Å². The van der Waals surface area contributed by atoms with Gasteiger partial charge < -0.3 is 10.0 Å². The quantitative estimate of drug-likeness (QED) is 0.873. The molecule has 0 unspecified atom stereocenters. The zero-order valence-corrected chi connectivity index (χ0v) is 10.2. The first-order valence-corrected chi connectivity index (χ1v) is 6.14. The fourth-order valence-corrected chi connectivity index (χ4v) is 2.52. The van der Waals surface area contributed by atoms with Crippen molar-refractivity contribution in [2.75, 3.05) is 6.54 Å². The van der Waals surface area contributed by atoms with Crippen LogP contribution in [0.1, 0.15) is 23.2 Å². The standard InChI is InChI=1S/C13H13N3O3/c17-12(15-6-3-5-11(15)13(18)19)9-8-14-16-7-2-1-4-10(9)16/h1-2,4,7-8,11H,3,5-6H2,(H,18,19)/t11-/m1/s1. The molecule has 0 spiro atoms. The molecule has 0 saturated carbocycles. The van der Waals surface area contributed by atoms with Crippen molar-refractivity contribution in [2.24, 2.45) is 0 Å². The highest BCUT2D eigenvalue weighted by Gasteiger charge is 2.35. The number of amides is 1. The van der Waals surface area contributed by atoms with Crippen LogP contribution in [0.3, 0.4) is 0 Å². The van der Waals surface area contributed by atoms with Gasteiger partial charge in [-0.3, -0.25) is 4.79 Å². The molecule has 0 aromatic carbocycles. The molecule has 1 amide bonds. The van der Waals surface area contributed by atoms with Crippen molar-refractivity contribution >= 4 is 17.4 Å². The van der Waals surface area contributed by atoms with Gasteiger partial charge in [0, 0.05) is 12.7 Å². The molecule has 0 aliphatic carbocycles. The lowest BCUT2D eigenvalue weighted by Gasteiger charge is -2.20. The highest BCUT2D eigenvalue weighted by molar-refractivity contribution is 6.02. The number of hydrogen-bond acceptors (Lipinski definition) is 3. The predicted molar refractivity (Wildman–Crippen MR) is 66.9 cm³/mol. The van der Waals surface area contributed by atoms with E-state index in [1.54, 1.807) is 16.8 Å². The van der Waals surface area contributed by atoms with Crippen LogP contribution in [0.15, 0.2) is 30.6 Å². The van der Waals surface area contributed by atoms with Crippen LogP contribution in [-0.2, 0) is 4.79 Å². The Hall–Kier alpha value is -2.37. The lowest BCUT2D eigenvalue weighted by Crippen LogP contribution is -2.40. The maximum absolute atomic E-state index is 12.4.